The Morgan fingerprint density at radius 2 is 1.88 bits per heavy atom. The summed E-state index contributed by atoms with van der Waals surface area (Å²) in [5.74, 6) is 0.107. The van der Waals surface area contributed by atoms with Crippen LogP contribution in [-0.2, 0) is 6.42 Å². The van der Waals surface area contributed by atoms with Gasteiger partial charge in [0.1, 0.15) is 0 Å². The lowest BCUT2D eigenvalue weighted by atomic mass is 10.1. The van der Waals surface area contributed by atoms with Crippen molar-refractivity contribution in [3.05, 3.63) is 59.9 Å². The highest BCUT2D eigenvalue weighted by atomic mass is 16.2. The molecular formula is C20H25N3O. The van der Waals surface area contributed by atoms with E-state index in [1.54, 1.807) is 12.4 Å². The molecule has 2 aromatic rings. The van der Waals surface area contributed by atoms with Crippen molar-refractivity contribution in [3.63, 3.8) is 0 Å². The fraction of sp³-hybridized carbons (Fsp3) is 0.400. The smallest absolute Gasteiger partial charge is 0.255 e. The summed E-state index contributed by atoms with van der Waals surface area (Å²) < 4.78 is 0. The van der Waals surface area contributed by atoms with Crippen molar-refractivity contribution in [1.29, 1.82) is 0 Å². The number of pyridine rings is 1. The van der Waals surface area contributed by atoms with Gasteiger partial charge in [-0.15, -0.1) is 0 Å². The Hall–Kier alpha value is -2.36. The Bertz CT molecular complexity index is 651. The number of aryl methyl sites for hydroxylation is 1. The zero-order valence-electron chi connectivity index (χ0n) is 14.1. The van der Waals surface area contributed by atoms with Crippen molar-refractivity contribution in [2.45, 2.75) is 32.1 Å². The zero-order chi connectivity index (χ0) is 16.6. The van der Waals surface area contributed by atoms with E-state index >= 15 is 0 Å². The van der Waals surface area contributed by atoms with E-state index in [0.717, 1.165) is 51.0 Å². The molecule has 1 aliphatic heterocycles. The maximum absolute atomic E-state index is 12.5. The molecule has 1 aliphatic rings. The third-order valence-electron chi connectivity index (χ3n) is 4.44. The van der Waals surface area contributed by atoms with Crippen LogP contribution in [0.15, 0.2) is 48.8 Å². The van der Waals surface area contributed by atoms with E-state index in [1.807, 2.05) is 17.0 Å². The molecule has 4 heteroatoms. The fourth-order valence-corrected chi connectivity index (χ4v) is 3.10. The first kappa shape index (κ1) is 16.5. The van der Waals surface area contributed by atoms with Crippen LogP contribution in [0.2, 0.25) is 0 Å². The quantitative estimate of drug-likeness (QED) is 0.824. The number of aromatic nitrogens is 1. The summed E-state index contributed by atoms with van der Waals surface area (Å²) in [4.78, 5) is 18.7. The summed E-state index contributed by atoms with van der Waals surface area (Å²) in [5, 5.41) is 3.38. The molecule has 1 saturated heterocycles. The SMILES string of the molecule is O=C(c1cncc(NCCCc2ccccc2)c1)N1CCCCC1. The molecule has 0 spiro atoms. The minimum atomic E-state index is 0.107. The summed E-state index contributed by atoms with van der Waals surface area (Å²) in [6.07, 6.45) is 9.00. The number of carbonyl (C=O) groups excluding carboxylic acids is 1. The Morgan fingerprint density at radius 3 is 2.67 bits per heavy atom. The maximum Gasteiger partial charge on any atom is 0.255 e. The molecule has 1 fully saturated rings. The van der Waals surface area contributed by atoms with E-state index in [1.165, 1.54) is 12.0 Å². The number of amides is 1. The Morgan fingerprint density at radius 1 is 1.08 bits per heavy atom. The molecule has 0 atom stereocenters. The van der Waals surface area contributed by atoms with E-state index in [4.69, 9.17) is 0 Å². The lowest BCUT2D eigenvalue weighted by Crippen LogP contribution is -2.35. The van der Waals surface area contributed by atoms with Gasteiger partial charge in [-0.05, 0) is 43.7 Å². The van der Waals surface area contributed by atoms with Gasteiger partial charge in [-0.25, -0.2) is 0 Å². The van der Waals surface area contributed by atoms with Gasteiger partial charge in [0.25, 0.3) is 5.91 Å². The van der Waals surface area contributed by atoms with Gasteiger partial charge in [0.2, 0.25) is 0 Å². The van der Waals surface area contributed by atoms with Gasteiger partial charge in [0.05, 0.1) is 11.3 Å². The topological polar surface area (TPSA) is 45.2 Å². The average molecular weight is 323 g/mol. The van der Waals surface area contributed by atoms with E-state index in [0.29, 0.717) is 5.56 Å². The van der Waals surface area contributed by atoms with Gasteiger partial charge in [-0.2, -0.15) is 0 Å². The van der Waals surface area contributed by atoms with Crippen molar-refractivity contribution >= 4 is 11.6 Å². The predicted molar refractivity (Wildman–Crippen MR) is 97.2 cm³/mol. The number of nitrogens with zero attached hydrogens (tertiary/aromatic N) is 2. The third-order valence-corrected chi connectivity index (χ3v) is 4.44. The van der Waals surface area contributed by atoms with Crippen LogP contribution in [0.25, 0.3) is 0 Å². The van der Waals surface area contributed by atoms with Crippen LogP contribution < -0.4 is 5.32 Å². The summed E-state index contributed by atoms with van der Waals surface area (Å²) >= 11 is 0. The third kappa shape index (κ3) is 4.57. The number of hydrogen-bond donors (Lipinski definition) is 1. The normalized spacial score (nSPS) is 14.4. The summed E-state index contributed by atoms with van der Waals surface area (Å²) in [7, 11) is 0. The van der Waals surface area contributed by atoms with Gasteiger partial charge < -0.3 is 10.2 Å². The number of piperidine rings is 1. The van der Waals surface area contributed by atoms with Gasteiger partial charge in [0, 0.05) is 32.0 Å². The second kappa shape index (κ2) is 8.48. The van der Waals surface area contributed by atoms with Gasteiger partial charge >= 0.3 is 0 Å². The van der Waals surface area contributed by atoms with Crippen molar-refractivity contribution in [2.75, 3.05) is 25.0 Å². The standard InChI is InChI=1S/C20H25N3O/c24-20(23-12-5-2-6-13-23)18-14-19(16-21-15-18)22-11-7-10-17-8-3-1-4-9-17/h1,3-4,8-9,14-16,22H,2,5-7,10-13H2. The molecule has 0 bridgehead atoms. The first-order valence-electron chi connectivity index (χ1n) is 8.85. The van der Waals surface area contributed by atoms with Crippen LogP contribution in [0.5, 0.6) is 0 Å². The number of nitrogens with one attached hydrogen (secondary N) is 1. The number of rotatable bonds is 6. The molecule has 1 N–H and O–H groups in total. The number of hydrogen-bond acceptors (Lipinski definition) is 3. The molecule has 0 radical (unpaired) electrons. The van der Waals surface area contributed by atoms with Crippen LogP contribution in [-0.4, -0.2) is 35.4 Å². The monoisotopic (exact) mass is 323 g/mol. The van der Waals surface area contributed by atoms with Crippen LogP contribution in [0, 0.1) is 0 Å². The molecule has 1 aromatic carbocycles. The Balaban J connectivity index is 1.50. The molecule has 0 saturated carbocycles. The number of anilines is 1. The minimum Gasteiger partial charge on any atom is -0.384 e. The first-order chi connectivity index (χ1) is 11.8. The number of likely N-dealkylation sites (tertiary alicyclic amines) is 1. The van der Waals surface area contributed by atoms with Crippen LogP contribution >= 0.6 is 0 Å². The summed E-state index contributed by atoms with van der Waals surface area (Å²) in [6.45, 7) is 2.61. The molecule has 0 unspecified atom stereocenters. The molecule has 1 amide bonds. The highest BCUT2D eigenvalue weighted by Gasteiger charge is 2.18. The summed E-state index contributed by atoms with van der Waals surface area (Å²) in [6, 6.07) is 12.4. The lowest BCUT2D eigenvalue weighted by Gasteiger charge is -2.26. The molecule has 1 aromatic heterocycles. The van der Waals surface area contributed by atoms with Crippen molar-refractivity contribution in [2.24, 2.45) is 0 Å². The minimum absolute atomic E-state index is 0.107. The van der Waals surface area contributed by atoms with Crippen molar-refractivity contribution < 1.29 is 4.79 Å². The predicted octanol–water partition coefficient (Wildman–Crippen LogP) is 3.75. The van der Waals surface area contributed by atoms with Crippen molar-refractivity contribution in [3.8, 4) is 0 Å². The molecule has 2 heterocycles. The number of benzene rings is 1. The van der Waals surface area contributed by atoms with Crippen LogP contribution in [0.1, 0.15) is 41.6 Å². The van der Waals surface area contributed by atoms with Crippen molar-refractivity contribution in [1.82, 2.24) is 9.88 Å². The lowest BCUT2D eigenvalue weighted by molar-refractivity contribution is 0.0724. The van der Waals surface area contributed by atoms with Gasteiger partial charge in [0.15, 0.2) is 0 Å². The van der Waals surface area contributed by atoms with Gasteiger partial charge in [-0.1, -0.05) is 30.3 Å². The van der Waals surface area contributed by atoms with E-state index in [-0.39, 0.29) is 5.91 Å². The van der Waals surface area contributed by atoms with Crippen LogP contribution in [0.4, 0.5) is 5.69 Å². The second-order valence-corrected chi connectivity index (χ2v) is 6.33. The molecule has 0 aliphatic carbocycles. The number of carbonyl (C=O) groups is 1. The maximum atomic E-state index is 12.5. The van der Waals surface area contributed by atoms with Crippen LogP contribution in [0.3, 0.4) is 0 Å². The van der Waals surface area contributed by atoms with E-state index in [9.17, 15) is 4.79 Å². The molecule has 126 valence electrons. The average Bonchev–Trinajstić information content (AvgIpc) is 2.66. The second-order valence-electron chi connectivity index (χ2n) is 6.33. The highest BCUT2D eigenvalue weighted by molar-refractivity contribution is 5.94. The van der Waals surface area contributed by atoms with E-state index in [2.05, 4.69) is 34.6 Å². The largest absolute Gasteiger partial charge is 0.384 e. The first-order valence-corrected chi connectivity index (χ1v) is 8.85. The fourth-order valence-electron chi connectivity index (χ4n) is 3.10. The molecule has 24 heavy (non-hydrogen) atoms. The Kier molecular flexibility index (Phi) is 5.83. The zero-order valence-corrected chi connectivity index (χ0v) is 14.1. The molecule has 4 nitrogen and oxygen atoms in total. The van der Waals surface area contributed by atoms with E-state index < -0.39 is 0 Å². The highest BCUT2D eigenvalue weighted by Crippen LogP contribution is 2.15. The summed E-state index contributed by atoms with van der Waals surface area (Å²) in [5.41, 5.74) is 2.96. The Labute approximate surface area is 143 Å². The molecule has 3 rings (SSSR count). The van der Waals surface area contributed by atoms with Gasteiger partial charge in [-0.3, -0.25) is 9.78 Å². The molecular weight excluding hydrogens is 298 g/mol.